The van der Waals surface area contributed by atoms with Crippen molar-refractivity contribution in [1.29, 1.82) is 0 Å². The number of nitrogens with one attached hydrogen (secondary N) is 1. The first-order chi connectivity index (χ1) is 8.70. The van der Waals surface area contributed by atoms with Crippen molar-refractivity contribution in [3.05, 3.63) is 35.1 Å². The molecule has 1 aliphatic carbocycles. The highest BCUT2D eigenvalue weighted by Gasteiger charge is 2.23. The molecule has 100 valence electrons. The number of hydrogen-bond acceptors (Lipinski definition) is 2. The Balaban J connectivity index is 1.91. The molecule has 1 fully saturated rings. The Bertz CT molecular complexity index is 394. The van der Waals surface area contributed by atoms with Crippen LogP contribution < -0.4 is 5.32 Å². The van der Waals surface area contributed by atoms with Crippen LogP contribution >= 0.6 is 11.8 Å². The van der Waals surface area contributed by atoms with E-state index in [-0.39, 0.29) is 5.82 Å². The van der Waals surface area contributed by atoms with Gasteiger partial charge in [0.2, 0.25) is 0 Å². The van der Waals surface area contributed by atoms with E-state index in [1.165, 1.54) is 31.2 Å². The summed E-state index contributed by atoms with van der Waals surface area (Å²) in [5, 5.41) is 4.38. The minimum absolute atomic E-state index is 0.113. The van der Waals surface area contributed by atoms with Gasteiger partial charge in [-0.05, 0) is 43.2 Å². The smallest absolute Gasteiger partial charge is 0.126 e. The van der Waals surface area contributed by atoms with Gasteiger partial charge in [0, 0.05) is 17.8 Å². The SMILES string of the molecule is CSC1CCCCC1NCc1ccc(F)c(C)c1. The maximum atomic E-state index is 13.2. The van der Waals surface area contributed by atoms with E-state index in [9.17, 15) is 4.39 Å². The molecule has 0 heterocycles. The van der Waals surface area contributed by atoms with E-state index in [4.69, 9.17) is 0 Å². The standard InChI is InChI=1S/C15H22FNS/c1-11-9-12(7-8-13(11)16)10-17-14-5-3-4-6-15(14)18-2/h7-9,14-15,17H,3-6,10H2,1-2H3. The van der Waals surface area contributed by atoms with Crippen molar-refractivity contribution in [2.75, 3.05) is 6.26 Å². The van der Waals surface area contributed by atoms with Crippen LogP contribution in [0.15, 0.2) is 18.2 Å². The molecule has 1 saturated carbocycles. The summed E-state index contributed by atoms with van der Waals surface area (Å²) in [6.45, 7) is 2.67. The largest absolute Gasteiger partial charge is 0.309 e. The summed E-state index contributed by atoms with van der Waals surface area (Å²) in [5.74, 6) is -0.113. The van der Waals surface area contributed by atoms with Crippen LogP contribution in [0.1, 0.15) is 36.8 Å². The first-order valence-electron chi connectivity index (χ1n) is 6.72. The Labute approximate surface area is 114 Å². The van der Waals surface area contributed by atoms with Gasteiger partial charge >= 0.3 is 0 Å². The fraction of sp³-hybridized carbons (Fsp3) is 0.600. The summed E-state index contributed by atoms with van der Waals surface area (Å²) >= 11 is 1.97. The zero-order chi connectivity index (χ0) is 13.0. The molecule has 0 aromatic heterocycles. The Kier molecular flexibility index (Phi) is 5.07. The minimum Gasteiger partial charge on any atom is -0.309 e. The third kappa shape index (κ3) is 3.48. The van der Waals surface area contributed by atoms with Crippen molar-refractivity contribution in [1.82, 2.24) is 5.32 Å². The van der Waals surface area contributed by atoms with Gasteiger partial charge in [-0.1, -0.05) is 25.0 Å². The van der Waals surface area contributed by atoms with Crippen molar-refractivity contribution in [3.8, 4) is 0 Å². The van der Waals surface area contributed by atoms with Crippen molar-refractivity contribution >= 4 is 11.8 Å². The minimum atomic E-state index is -0.113. The fourth-order valence-electron chi connectivity index (χ4n) is 2.68. The molecule has 0 aliphatic heterocycles. The van der Waals surface area contributed by atoms with Crippen molar-refractivity contribution in [2.45, 2.75) is 50.4 Å². The van der Waals surface area contributed by atoms with E-state index in [1.54, 1.807) is 6.07 Å². The molecule has 2 rings (SSSR count). The lowest BCUT2D eigenvalue weighted by atomic mass is 9.94. The molecule has 1 N–H and O–H groups in total. The predicted octanol–water partition coefficient (Wildman–Crippen LogP) is 3.90. The van der Waals surface area contributed by atoms with E-state index in [0.29, 0.717) is 6.04 Å². The number of hydrogen-bond donors (Lipinski definition) is 1. The molecule has 0 amide bonds. The van der Waals surface area contributed by atoms with Gasteiger partial charge < -0.3 is 5.32 Å². The van der Waals surface area contributed by atoms with Crippen molar-refractivity contribution < 1.29 is 4.39 Å². The number of rotatable bonds is 4. The second kappa shape index (κ2) is 6.58. The summed E-state index contributed by atoms with van der Waals surface area (Å²) in [4.78, 5) is 0. The van der Waals surface area contributed by atoms with E-state index in [1.807, 2.05) is 30.8 Å². The molecular formula is C15H22FNS. The summed E-state index contributed by atoms with van der Waals surface area (Å²) < 4.78 is 13.2. The summed E-state index contributed by atoms with van der Waals surface area (Å²) in [5.41, 5.74) is 1.92. The van der Waals surface area contributed by atoms with Crippen LogP contribution in [0, 0.1) is 12.7 Å². The molecule has 0 radical (unpaired) electrons. The van der Waals surface area contributed by atoms with Crippen LogP contribution in [0.3, 0.4) is 0 Å². The van der Waals surface area contributed by atoms with Gasteiger partial charge in [0.25, 0.3) is 0 Å². The van der Waals surface area contributed by atoms with Gasteiger partial charge in [-0.15, -0.1) is 0 Å². The first kappa shape index (κ1) is 13.9. The number of thioether (sulfide) groups is 1. The fourth-order valence-corrected chi connectivity index (χ4v) is 3.64. The second-order valence-corrected chi connectivity index (χ2v) is 6.21. The van der Waals surface area contributed by atoms with Gasteiger partial charge in [-0.3, -0.25) is 0 Å². The third-order valence-electron chi connectivity index (χ3n) is 3.80. The van der Waals surface area contributed by atoms with Crippen LogP contribution in [0.4, 0.5) is 4.39 Å². The maximum Gasteiger partial charge on any atom is 0.126 e. The summed E-state index contributed by atoms with van der Waals surface area (Å²) in [7, 11) is 0. The Morgan fingerprint density at radius 3 is 2.83 bits per heavy atom. The van der Waals surface area contributed by atoms with Crippen LogP contribution in [-0.2, 0) is 6.54 Å². The zero-order valence-corrected chi connectivity index (χ0v) is 12.0. The molecule has 3 heteroatoms. The molecule has 1 aromatic rings. The molecule has 2 atom stereocenters. The lowest BCUT2D eigenvalue weighted by molar-refractivity contribution is 0.383. The number of halogens is 1. The summed E-state index contributed by atoms with van der Waals surface area (Å²) in [6, 6.07) is 6.00. The van der Waals surface area contributed by atoms with Crippen LogP contribution in [0.5, 0.6) is 0 Å². The van der Waals surface area contributed by atoms with Crippen LogP contribution in [-0.4, -0.2) is 17.5 Å². The monoisotopic (exact) mass is 267 g/mol. The highest BCUT2D eigenvalue weighted by Crippen LogP contribution is 2.27. The van der Waals surface area contributed by atoms with Crippen molar-refractivity contribution in [2.24, 2.45) is 0 Å². The van der Waals surface area contributed by atoms with Gasteiger partial charge in [-0.2, -0.15) is 11.8 Å². The highest BCUT2D eigenvalue weighted by atomic mass is 32.2. The Morgan fingerprint density at radius 1 is 1.33 bits per heavy atom. The molecule has 0 saturated heterocycles. The summed E-state index contributed by atoms with van der Waals surface area (Å²) in [6.07, 6.45) is 7.48. The third-order valence-corrected chi connectivity index (χ3v) is 4.97. The normalized spacial score (nSPS) is 24.2. The topological polar surface area (TPSA) is 12.0 Å². The zero-order valence-electron chi connectivity index (χ0n) is 11.2. The first-order valence-corrected chi connectivity index (χ1v) is 8.00. The van der Waals surface area contributed by atoms with E-state index < -0.39 is 0 Å². The van der Waals surface area contributed by atoms with Gasteiger partial charge in [0.05, 0.1) is 0 Å². The molecule has 1 nitrogen and oxygen atoms in total. The van der Waals surface area contributed by atoms with Crippen molar-refractivity contribution in [3.63, 3.8) is 0 Å². The molecule has 18 heavy (non-hydrogen) atoms. The molecule has 1 aliphatic rings. The van der Waals surface area contributed by atoms with E-state index in [0.717, 1.165) is 17.4 Å². The maximum absolute atomic E-state index is 13.2. The number of benzene rings is 1. The van der Waals surface area contributed by atoms with Gasteiger partial charge in [-0.25, -0.2) is 4.39 Å². The average molecular weight is 267 g/mol. The van der Waals surface area contributed by atoms with E-state index in [2.05, 4.69) is 11.6 Å². The predicted molar refractivity (Wildman–Crippen MR) is 77.5 cm³/mol. The molecule has 1 aromatic carbocycles. The van der Waals surface area contributed by atoms with Gasteiger partial charge in [0.1, 0.15) is 5.82 Å². The highest BCUT2D eigenvalue weighted by molar-refractivity contribution is 7.99. The molecule has 0 bridgehead atoms. The lowest BCUT2D eigenvalue weighted by Gasteiger charge is -2.31. The molecular weight excluding hydrogens is 245 g/mol. The Hall–Kier alpha value is -0.540. The quantitative estimate of drug-likeness (QED) is 0.888. The Morgan fingerprint density at radius 2 is 2.11 bits per heavy atom. The lowest BCUT2D eigenvalue weighted by Crippen LogP contribution is -2.39. The number of aryl methyl sites for hydroxylation is 1. The van der Waals surface area contributed by atoms with Crippen LogP contribution in [0.2, 0.25) is 0 Å². The second-order valence-electron chi connectivity index (χ2n) is 5.13. The molecule has 2 unspecified atom stereocenters. The average Bonchev–Trinajstić information content (AvgIpc) is 2.40. The van der Waals surface area contributed by atoms with Gasteiger partial charge in [0.15, 0.2) is 0 Å². The molecule has 0 spiro atoms. The van der Waals surface area contributed by atoms with E-state index >= 15 is 0 Å². The van der Waals surface area contributed by atoms with Crippen LogP contribution in [0.25, 0.3) is 0 Å².